The van der Waals surface area contributed by atoms with Crippen LogP contribution in [0.25, 0.3) is 0 Å². The maximum absolute atomic E-state index is 12.2. The van der Waals surface area contributed by atoms with Crippen molar-refractivity contribution in [1.29, 1.82) is 0 Å². The Labute approximate surface area is 91.5 Å². The molecule has 0 aliphatic heterocycles. The number of hydrogen-bond acceptors (Lipinski definition) is 3. The lowest BCUT2D eigenvalue weighted by atomic mass is 10.1. The van der Waals surface area contributed by atoms with E-state index in [0.29, 0.717) is 5.56 Å². The van der Waals surface area contributed by atoms with Crippen LogP contribution < -0.4 is 4.90 Å². The van der Waals surface area contributed by atoms with E-state index >= 15 is 0 Å². The second-order valence-corrected chi connectivity index (χ2v) is 3.56. The smallest absolute Gasteiger partial charge is 0.389 e. The molecule has 1 N–H and O–H groups in total. The fraction of sp³-hybridized carbons (Fsp3) is 0.500. The van der Waals surface area contributed by atoms with Gasteiger partial charge < -0.3 is 10.0 Å². The molecule has 0 aliphatic carbocycles. The van der Waals surface area contributed by atoms with E-state index in [-0.39, 0.29) is 5.82 Å². The molecule has 0 fully saturated rings. The Kier molecular flexibility index (Phi) is 3.74. The van der Waals surface area contributed by atoms with Crippen molar-refractivity contribution in [1.82, 2.24) is 4.98 Å². The van der Waals surface area contributed by atoms with Crippen molar-refractivity contribution in [3.05, 3.63) is 23.9 Å². The highest BCUT2D eigenvalue weighted by Crippen LogP contribution is 2.25. The molecule has 6 heteroatoms. The maximum Gasteiger partial charge on any atom is 0.405 e. The lowest BCUT2D eigenvalue weighted by Crippen LogP contribution is -2.32. The van der Waals surface area contributed by atoms with Gasteiger partial charge in [-0.1, -0.05) is 6.07 Å². The Morgan fingerprint density at radius 2 is 2.12 bits per heavy atom. The molecule has 0 radical (unpaired) electrons. The number of halogens is 3. The first kappa shape index (κ1) is 12.8. The molecule has 0 bridgehead atoms. The Morgan fingerprint density at radius 3 is 2.62 bits per heavy atom. The van der Waals surface area contributed by atoms with Crippen molar-refractivity contribution in [3.63, 3.8) is 0 Å². The van der Waals surface area contributed by atoms with Crippen LogP contribution >= 0.6 is 0 Å². The number of alkyl halides is 3. The molecule has 1 rings (SSSR count). The summed E-state index contributed by atoms with van der Waals surface area (Å²) in [6.45, 7) is 0.395. The average Bonchev–Trinajstić information content (AvgIpc) is 2.15. The molecular formula is C10H13F3N2O. The first-order valence-corrected chi connectivity index (χ1v) is 4.72. The van der Waals surface area contributed by atoms with Crippen LogP contribution in [-0.2, 0) is 0 Å². The number of rotatable bonds is 3. The number of aromatic nitrogens is 1. The van der Waals surface area contributed by atoms with E-state index < -0.39 is 18.8 Å². The summed E-state index contributed by atoms with van der Waals surface area (Å²) in [5.74, 6) is 0.148. The van der Waals surface area contributed by atoms with E-state index in [1.165, 1.54) is 20.2 Å². The van der Waals surface area contributed by atoms with E-state index in [0.717, 1.165) is 4.90 Å². The quantitative estimate of drug-likeness (QED) is 0.870. The second kappa shape index (κ2) is 4.69. The molecule has 1 atom stereocenters. The van der Waals surface area contributed by atoms with Crippen LogP contribution in [0, 0.1) is 0 Å². The molecule has 0 aromatic carbocycles. The lowest BCUT2D eigenvalue weighted by Gasteiger charge is -2.23. The van der Waals surface area contributed by atoms with Gasteiger partial charge in [0.15, 0.2) is 0 Å². The highest BCUT2D eigenvalue weighted by Gasteiger charge is 2.30. The van der Waals surface area contributed by atoms with Crippen LogP contribution in [0.5, 0.6) is 0 Å². The highest BCUT2D eigenvalue weighted by atomic mass is 19.4. The highest BCUT2D eigenvalue weighted by molar-refractivity contribution is 5.47. The molecule has 1 aromatic heterocycles. The third kappa shape index (κ3) is 3.37. The first-order valence-electron chi connectivity index (χ1n) is 4.72. The van der Waals surface area contributed by atoms with Crippen LogP contribution in [0.1, 0.15) is 18.6 Å². The van der Waals surface area contributed by atoms with E-state index in [1.54, 1.807) is 12.1 Å². The predicted molar refractivity (Wildman–Crippen MR) is 54.2 cm³/mol. The van der Waals surface area contributed by atoms with Crippen molar-refractivity contribution in [3.8, 4) is 0 Å². The average molecular weight is 234 g/mol. The number of anilines is 1. The Hall–Kier alpha value is -1.30. The molecule has 90 valence electrons. The van der Waals surface area contributed by atoms with Gasteiger partial charge in [0, 0.05) is 18.8 Å². The van der Waals surface area contributed by atoms with Crippen molar-refractivity contribution in [2.45, 2.75) is 19.2 Å². The Morgan fingerprint density at radius 1 is 1.50 bits per heavy atom. The zero-order valence-corrected chi connectivity index (χ0v) is 8.99. The van der Waals surface area contributed by atoms with Gasteiger partial charge in [0.2, 0.25) is 0 Å². The normalized spacial score (nSPS) is 13.6. The van der Waals surface area contributed by atoms with Gasteiger partial charge in [-0.3, -0.25) is 0 Å². The first-order chi connectivity index (χ1) is 7.31. The summed E-state index contributed by atoms with van der Waals surface area (Å²) in [5, 5.41) is 9.40. The summed E-state index contributed by atoms with van der Waals surface area (Å²) >= 11 is 0. The maximum atomic E-state index is 12.2. The molecule has 0 spiro atoms. The summed E-state index contributed by atoms with van der Waals surface area (Å²) in [6.07, 6.45) is -3.74. The van der Waals surface area contributed by atoms with E-state index in [9.17, 15) is 18.3 Å². The molecule has 0 amide bonds. The minimum Gasteiger partial charge on any atom is -0.389 e. The second-order valence-electron chi connectivity index (χ2n) is 3.56. The molecule has 0 saturated carbocycles. The molecule has 3 nitrogen and oxygen atoms in total. The summed E-state index contributed by atoms with van der Waals surface area (Å²) in [5.41, 5.74) is 0.384. The van der Waals surface area contributed by atoms with Crippen LogP contribution in [0.3, 0.4) is 0 Å². The van der Waals surface area contributed by atoms with E-state index in [2.05, 4.69) is 4.98 Å². The molecule has 1 heterocycles. The summed E-state index contributed by atoms with van der Waals surface area (Å²) < 4.78 is 36.6. The largest absolute Gasteiger partial charge is 0.405 e. The van der Waals surface area contributed by atoms with Crippen molar-refractivity contribution >= 4 is 5.82 Å². The van der Waals surface area contributed by atoms with Crippen molar-refractivity contribution < 1.29 is 18.3 Å². The van der Waals surface area contributed by atoms with Crippen LogP contribution in [0.15, 0.2) is 18.3 Å². The molecule has 0 saturated heterocycles. The summed E-state index contributed by atoms with van der Waals surface area (Å²) in [7, 11) is 1.29. The number of nitrogens with zero attached hydrogens (tertiary/aromatic N) is 2. The topological polar surface area (TPSA) is 36.4 Å². The molecule has 1 aromatic rings. The molecule has 0 unspecified atom stereocenters. The third-order valence-corrected chi connectivity index (χ3v) is 2.04. The minimum absolute atomic E-state index is 0.148. The van der Waals surface area contributed by atoms with Gasteiger partial charge in [0.1, 0.15) is 12.4 Å². The SMILES string of the molecule is C[C@@H](O)c1cccnc1N(C)CC(F)(F)F. The Bertz CT molecular complexity index is 352. The van der Waals surface area contributed by atoms with Gasteiger partial charge in [0.25, 0.3) is 0 Å². The standard InChI is InChI=1S/C10H13F3N2O/c1-7(16)8-4-3-5-14-9(8)15(2)6-10(11,12)13/h3-5,7,16H,6H2,1-2H3/t7-/m1/s1. The van der Waals surface area contributed by atoms with Crippen molar-refractivity contribution in [2.75, 3.05) is 18.5 Å². The van der Waals surface area contributed by atoms with Crippen LogP contribution in [-0.4, -0.2) is 29.9 Å². The van der Waals surface area contributed by atoms with Gasteiger partial charge >= 0.3 is 6.18 Å². The van der Waals surface area contributed by atoms with E-state index in [4.69, 9.17) is 0 Å². The van der Waals surface area contributed by atoms with Gasteiger partial charge in [-0.15, -0.1) is 0 Å². The number of hydrogen-bond donors (Lipinski definition) is 1. The van der Waals surface area contributed by atoms with Gasteiger partial charge in [-0.2, -0.15) is 13.2 Å². The molecule has 16 heavy (non-hydrogen) atoms. The van der Waals surface area contributed by atoms with Crippen molar-refractivity contribution in [2.24, 2.45) is 0 Å². The van der Waals surface area contributed by atoms with Gasteiger partial charge in [0.05, 0.1) is 6.10 Å². The fourth-order valence-corrected chi connectivity index (χ4v) is 1.40. The predicted octanol–water partition coefficient (Wildman–Crippen LogP) is 2.13. The zero-order chi connectivity index (χ0) is 12.3. The zero-order valence-electron chi connectivity index (χ0n) is 8.99. The monoisotopic (exact) mass is 234 g/mol. The fourth-order valence-electron chi connectivity index (χ4n) is 1.40. The van der Waals surface area contributed by atoms with Gasteiger partial charge in [-0.05, 0) is 13.0 Å². The summed E-state index contributed by atoms with van der Waals surface area (Å²) in [6, 6.07) is 3.13. The summed E-state index contributed by atoms with van der Waals surface area (Å²) in [4.78, 5) is 4.82. The lowest BCUT2D eigenvalue weighted by molar-refractivity contribution is -0.119. The van der Waals surface area contributed by atoms with Crippen LogP contribution in [0.4, 0.5) is 19.0 Å². The molecular weight excluding hydrogens is 221 g/mol. The Balaban J connectivity index is 2.95. The van der Waals surface area contributed by atoms with Crippen LogP contribution in [0.2, 0.25) is 0 Å². The molecule has 0 aliphatic rings. The third-order valence-electron chi connectivity index (χ3n) is 2.04. The number of aliphatic hydroxyl groups is 1. The van der Waals surface area contributed by atoms with Gasteiger partial charge in [-0.25, -0.2) is 4.98 Å². The minimum atomic E-state index is -4.29. The van der Waals surface area contributed by atoms with E-state index in [1.807, 2.05) is 0 Å². The number of aliphatic hydroxyl groups excluding tert-OH is 1. The number of pyridine rings is 1.